The third-order valence-corrected chi connectivity index (χ3v) is 6.57. The molecule has 31 heavy (non-hydrogen) atoms. The Morgan fingerprint density at radius 2 is 1.84 bits per heavy atom. The van der Waals surface area contributed by atoms with Crippen LogP contribution >= 0.6 is 23.2 Å². The summed E-state index contributed by atoms with van der Waals surface area (Å²) in [6.45, 7) is 3.97. The monoisotopic (exact) mass is 460 g/mol. The lowest BCUT2D eigenvalue weighted by molar-refractivity contribution is 0.0303. The maximum absolute atomic E-state index is 13.0. The maximum atomic E-state index is 13.0. The van der Waals surface area contributed by atoms with Crippen molar-refractivity contribution in [2.24, 2.45) is 7.05 Å². The molecule has 0 bridgehead atoms. The van der Waals surface area contributed by atoms with Gasteiger partial charge in [0, 0.05) is 48.2 Å². The molecule has 0 radical (unpaired) electrons. The van der Waals surface area contributed by atoms with Crippen molar-refractivity contribution in [2.45, 2.75) is 13.3 Å². The molecule has 1 saturated heterocycles. The zero-order valence-corrected chi connectivity index (χ0v) is 18.8. The first-order chi connectivity index (χ1) is 14.8. The van der Waals surface area contributed by atoms with E-state index in [0.29, 0.717) is 53.9 Å². The van der Waals surface area contributed by atoms with Crippen LogP contribution in [0.25, 0.3) is 10.9 Å². The van der Waals surface area contributed by atoms with Crippen LogP contribution in [0.2, 0.25) is 10.0 Å². The number of carbonyl (C=O) groups is 2. The van der Waals surface area contributed by atoms with E-state index in [1.807, 2.05) is 24.6 Å². The van der Waals surface area contributed by atoms with Gasteiger partial charge in [0.1, 0.15) is 0 Å². The van der Waals surface area contributed by atoms with E-state index in [1.165, 1.54) is 0 Å². The molecule has 0 unspecified atom stereocenters. The second kappa shape index (κ2) is 8.54. The fraction of sp³-hybridized carbons (Fsp3) is 0.304. The van der Waals surface area contributed by atoms with Gasteiger partial charge in [-0.3, -0.25) is 4.79 Å². The number of carbonyl (C=O) groups excluding carboxylic acids is 1. The number of hydrogen-bond donors (Lipinski definition) is 1. The molecule has 6 nitrogen and oxygen atoms in total. The molecule has 162 valence electrons. The SMILES string of the molecule is Cc1cc(C(=O)O)cc2c1cc(Cc1c(Cl)ccc(C(=O)N3CCOCC3)c1Cl)n2C. The zero-order chi connectivity index (χ0) is 22.3. The summed E-state index contributed by atoms with van der Waals surface area (Å²) in [6.07, 6.45) is 0.412. The summed E-state index contributed by atoms with van der Waals surface area (Å²) in [5.74, 6) is -1.10. The van der Waals surface area contributed by atoms with Gasteiger partial charge in [-0.2, -0.15) is 0 Å². The van der Waals surface area contributed by atoms with Crippen molar-refractivity contribution in [1.82, 2.24) is 9.47 Å². The Labute approximate surface area is 189 Å². The van der Waals surface area contributed by atoms with Crippen LogP contribution in [0.4, 0.5) is 0 Å². The van der Waals surface area contributed by atoms with E-state index in [4.69, 9.17) is 27.9 Å². The van der Waals surface area contributed by atoms with Crippen molar-refractivity contribution in [3.63, 3.8) is 0 Å². The summed E-state index contributed by atoms with van der Waals surface area (Å²) in [5.41, 5.74) is 3.95. The molecule has 1 fully saturated rings. The molecule has 1 aromatic heterocycles. The summed E-state index contributed by atoms with van der Waals surface area (Å²) in [4.78, 5) is 26.1. The van der Waals surface area contributed by atoms with Crippen LogP contribution in [0.15, 0.2) is 30.3 Å². The van der Waals surface area contributed by atoms with Crippen LogP contribution in [-0.4, -0.2) is 52.8 Å². The van der Waals surface area contributed by atoms with Crippen LogP contribution in [0.5, 0.6) is 0 Å². The van der Waals surface area contributed by atoms with Gasteiger partial charge < -0.3 is 19.3 Å². The number of morpholine rings is 1. The fourth-order valence-corrected chi connectivity index (χ4v) is 4.58. The quantitative estimate of drug-likeness (QED) is 0.619. The van der Waals surface area contributed by atoms with Crippen LogP contribution in [0, 0.1) is 6.92 Å². The fourth-order valence-electron chi connectivity index (χ4n) is 4.00. The summed E-state index contributed by atoms with van der Waals surface area (Å²) in [7, 11) is 1.88. The van der Waals surface area contributed by atoms with Gasteiger partial charge in [-0.25, -0.2) is 4.79 Å². The smallest absolute Gasteiger partial charge is 0.335 e. The van der Waals surface area contributed by atoms with Gasteiger partial charge in [-0.1, -0.05) is 23.2 Å². The number of nitrogens with zero attached hydrogens (tertiary/aromatic N) is 2. The van der Waals surface area contributed by atoms with E-state index >= 15 is 0 Å². The molecule has 2 aromatic carbocycles. The number of amides is 1. The second-order valence-corrected chi connectivity index (χ2v) is 8.48. The summed E-state index contributed by atoms with van der Waals surface area (Å²) >= 11 is 13.2. The van der Waals surface area contributed by atoms with Gasteiger partial charge in [0.2, 0.25) is 0 Å². The van der Waals surface area contributed by atoms with Gasteiger partial charge in [0.25, 0.3) is 5.91 Å². The van der Waals surface area contributed by atoms with Gasteiger partial charge in [0.05, 0.1) is 29.4 Å². The van der Waals surface area contributed by atoms with Crippen LogP contribution in [0.1, 0.15) is 37.5 Å². The summed E-state index contributed by atoms with van der Waals surface area (Å²) in [6, 6.07) is 8.70. The van der Waals surface area contributed by atoms with E-state index in [1.54, 1.807) is 29.2 Å². The lowest BCUT2D eigenvalue weighted by Crippen LogP contribution is -2.40. The van der Waals surface area contributed by atoms with E-state index in [9.17, 15) is 14.7 Å². The zero-order valence-electron chi connectivity index (χ0n) is 17.2. The number of aryl methyl sites for hydroxylation is 2. The van der Waals surface area contributed by atoms with Crippen LogP contribution < -0.4 is 0 Å². The highest BCUT2D eigenvalue weighted by atomic mass is 35.5. The molecule has 4 rings (SSSR count). The first kappa shape index (κ1) is 21.7. The lowest BCUT2D eigenvalue weighted by Gasteiger charge is -2.27. The summed E-state index contributed by atoms with van der Waals surface area (Å²) in [5, 5.41) is 11.2. The Balaban J connectivity index is 1.73. The Morgan fingerprint density at radius 3 is 2.52 bits per heavy atom. The molecule has 2 heterocycles. The van der Waals surface area contributed by atoms with E-state index in [2.05, 4.69) is 0 Å². The number of hydrogen-bond acceptors (Lipinski definition) is 3. The summed E-state index contributed by atoms with van der Waals surface area (Å²) < 4.78 is 7.27. The Bertz CT molecular complexity index is 1200. The molecule has 0 aliphatic carbocycles. The first-order valence-corrected chi connectivity index (χ1v) is 10.7. The Hall–Kier alpha value is -2.54. The van der Waals surface area contributed by atoms with Crippen molar-refractivity contribution in [3.05, 3.63) is 68.3 Å². The molecule has 1 amide bonds. The molecule has 0 spiro atoms. The molecule has 1 aliphatic heterocycles. The highest BCUT2D eigenvalue weighted by molar-refractivity contribution is 6.38. The number of aromatic nitrogens is 1. The molecular weight excluding hydrogens is 439 g/mol. The molecule has 1 aliphatic rings. The number of halogens is 2. The lowest BCUT2D eigenvalue weighted by atomic mass is 10.0. The molecule has 8 heteroatoms. The predicted molar refractivity (Wildman–Crippen MR) is 121 cm³/mol. The number of rotatable bonds is 4. The molecule has 0 saturated carbocycles. The van der Waals surface area contributed by atoms with Gasteiger partial charge in [-0.05, 0) is 48.4 Å². The van der Waals surface area contributed by atoms with Crippen LogP contribution in [-0.2, 0) is 18.2 Å². The third-order valence-electron chi connectivity index (χ3n) is 5.79. The van der Waals surface area contributed by atoms with E-state index < -0.39 is 5.97 Å². The van der Waals surface area contributed by atoms with Crippen molar-refractivity contribution in [2.75, 3.05) is 26.3 Å². The number of carboxylic acid groups (broad SMARTS) is 1. The minimum Gasteiger partial charge on any atom is -0.478 e. The highest BCUT2D eigenvalue weighted by Crippen LogP contribution is 2.33. The standard InChI is InChI=1S/C23H22Cl2N2O4/c1-13-9-14(23(29)30)10-20-17(13)11-15(26(20)2)12-18-19(24)4-3-16(21(18)25)22(28)27-5-7-31-8-6-27/h3-4,9-11H,5-8,12H2,1-2H3,(H,29,30). The van der Waals surface area contributed by atoms with Gasteiger partial charge in [-0.15, -0.1) is 0 Å². The number of carboxylic acids is 1. The highest BCUT2D eigenvalue weighted by Gasteiger charge is 2.24. The molecule has 3 aromatic rings. The minimum atomic E-state index is -0.965. The molecule has 1 N–H and O–H groups in total. The minimum absolute atomic E-state index is 0.134. The van der Waals surface area contributed by atoms with Gasteiger partial charge in [0.15, 0.2) is 0 Å². The Morgan fingerprint density at radius 1 is 1.13 bits per heavy atom. The van der Waals surface area contributed by atoms with Crippen molar-refractivity contribution in [1.29, 1.82) is 0 Å². The number of ether oxygens (including phenoxy) is 1. The average molecular weight is 461 g/mol. The van der Waals surface area contributed by atoms with Crippen LogP contribution in [0.3, 0.4) is 0 Å². The van der Waals surface area contributed by atoms with Gasteiger partial charge >= 0.3 is 5.97 Å². The Kier molecular flexibility index (Phi) is 5.97. The van der Waals surface area contributed by atoms with E-state index in [0.717, 1.165) is 22.2 Å². The normalized spacial score (nSPS) is 14.3. The largest absolute Gasteiger partial charge is 0.478 e. The number of fused-ring (bicyclic) bond motifs is 1. The topological polar surface area (TPSA) is 71.8 Å². The predicted octanol–water partition coefficient (Wildman–Crippen LogP) is 4.55. The van der Waals surface area contributed by atoms with Crippen molar-refractivity contribution in [3.8, 4) is 0 Å². The van der Waals surface area contributed by atoms with Crippen molar-refractivity contribution < 1.29 is 19.4 Å². The average Bonchev–Trinajstić information content (AvgIpc) is 3.07. The third kappa shape index (κ3) is 4.03. The molecule has 0 atom stereocenters. The van der Waals surface area contributed by atoms with Crippen molar-refractivity contribution >= 4 is 46.0 Å². The first-order valence-electron chi connectivity index (χ1n) is 9.94. The second-order valence-electron chi connectivity index (χ2n) is 7.69. The maximum Gasteiger partial charge on any atom is 0.335 e. The number of aromatic carboxylic acids is 1. The number of benzene rings is 2. The molecular formula is C23H22Cl2N2O4. The van der Waals surface area contributed by atoms with E-state index in [-0.39, 0.29) is 11.5 Å².